The monoisotopic (exact) mass is 332 g/mol. The molecule has 2 nitrogen and oxygen atoms in total. The lowest BCUT2D eigenvalue weighted by Gasteiger charge is -2.15. The van der Waals surface area contributed by atoms with E-state index >= 15 is 0 Å². The molecule has 0 amide bonds. The van der Waals surface area contributed by atoms with Crippen LogP contribution in [0.5, 0.6) is 0 Å². The second-order valence-corrected chi connectivity index (χ2v) is 6.33. The summed E-state index contributed by atoms with van der Waals surface area (Å²) in [6.07, 6.45) is 6.26. The molecule has 0 unspecified atom stereocenters. The van der Waals surface area contributed by atoms with E-state index in [1.807, 2.05) is 10.9 Å². The van der Waals surface area contributed by atoms with Gasteiger partial charge in [0.2, 0.25) is 11.9 Å². The minimum Gasteiger partial charge on any atom is -0.274 e. The van der Waals surface area contributed by atoms with Crippen molar-refractivity contribution in [3.05, 3.63) is 62.9 Å². The topological polar surface area (TPSA) is 13.1 Å². The molecule has 104 valence electrons. The van der Waals surface area contributed by atoms with Gasteiger partial charge in [-0.15, -0.1) is 0 Å². The molecule has 0 N–H and O–H groups in total. The second kappa shape index (κ2) is 5.57. The van der Waals surface area contributed by atoms with Crippen molar-refractivity contribution < 1.29 is 9.57 Å². The van der Waals surface area contributed by atoms with Gasteiger partial charge in [-0.3, -0.25) is 4.84 Å². The Morgan fingerprint density at radius 3 is 2.55 bits per heavy atom. The molecule has 0 bridgehead atoms. The number of hydrogen-bond acceptors (Lipinski definition) is 1. The van der Waals surface area contributed by atoms with Gasteiger partial charge in [0.25, 0.3) is 0 Å². The lowest BCUT2D eigenvalue weighted by Crippen LogP contribution is -2.45. The number of pyridine rings is 1. The Balaban J connectivity index is 2.01. The summed E-state index contributed by atoms with van der Waals surface area (Å²) in [5.41, 5.74) is 7.01. The number of benzene rings is 1. The zero-order valence-electron chi connectivity index (χ0n) is 11.9. The predicted molar refractivity (Wildman–Crippen MR) is 82.8 cm³/mol. The highest BCUT2D eigenvalue weighted by Gasteiger charge is 2.22. The van der Waals surface area contributed by atoms with Crippen molar-refractivity contribution in [3.63, 3.8) is 0 Å². The van der Waals surface area contributed by atoms with E-state index < -0.39 is 0 Å². The number of aromatic nitrogens is 1. The van der Waals surface area contributed by atoms with Crippen LogP contribution in [0.1, 0.15) is 27.9 Å². The molecule has 0 aliphatic heterocycles. The highest BCUT2D eigenvalue weighted by atomic mass is 79.9. The number of nitrogens with zero attached hydrogens (tertiary/aromatic N) is 1. The standard InChI is InChI=1S/C17H19BrNO/c1-12-3-4-13-7-8-17-15(6-5-14(13)9-12)10-16(18)11-19(17)20-2/h3-4,9-11H,5-8H2,1-2H3/q+1. The van der Waals surface area contributed by atoms with Crippen molar-refractivity contribution in [2.75, 3.05) is 7.11 Å². The normalized spacial score (nSPS) is 13.9. The zero-order chi connectivity index (χ0) is 14.1. The molecule has 0 radical (unpaired) electrons. The Hall–Kier alpha value is -1.35. The third-order valence-electron chi connectivity index (χ3n) is 4.04. The molecule has 1 aliphatic carbocycles. The zero-order valence-corrected chi connectivity index (χ0v) is 13.5. The van der Waals surface area contributed by atoms with Gasteiger partial charge in [0.15, 0.2) is 0 Å². The fourth-order valence-corrected chi connectivity index (χ4v) is 3.48. The minimum absolute atomic E-state index is 1.02. The third kappa shape index (κ3) is 2.59. The number of fused-ring (bicyclic) bond motifs is 2. The van der Waals surface area contributed by atoms with E-state index in [0.717, 1.165) is 30.2 Å². The molecule has 0 spiro atoms. The number of aryl methyl sites for hydroxylation is 4. The third-order valence-corrected chi connectivity index (χ3v) is 4.48. The molecule has 1 heterocycles. The van der Waals surface area contributed by atoms with Crippen LogP contribution in [0.3, 0.4) is 0 Å². The first-order valence-electron chi connectivity index (χ1n) is 7.03. The van der Waals surface area contributed by atoms with Crippen molar-refractivity contribution in [2.45, 2.75) is 32.6 Å². The maximum atomic E-state index is 5.48. The van der Waals surface area contributed by atoms with Crippen molar-refractivity contribution >= 4 is 15.9 Å². The molecule has 0 atom stereocenters. The van der Waals surface area contributed by atoms with Gasteiger partial charge >= 0.3 is 0 Å². The van der Waals surface area contributed by atoms with Gasteiger partial charge in [0.05, 0.1) is 4.47 Å². The molecule has 0 fully saturated rings. The van der Waals surface area contributed by atoms with Gasteiger partial charge in [-0.2, -0.15) is 0 Å². The Labute approximate surface area is 128 Å². The molecule has 0 saturated carbocycles. The summed E-state index contributed by atoms with van der Waals surface area (Å²) in [6.45, 7) is 2.17. The highest BCUT2D eigenvalue weighted by molar-refractivity contribution is 9.10. The second-order valence-electron chi connectivity index (χ2n) is 5.41. The van der Waals surface area contributed by atoms with Gasteiger partial charge in [-0.1, -0.05) is 23.8 Å². The smallest absolute Gasteiger partial charge is 0.237 e. The molecule has 3 heteroatoms. The quantitative estimate of drug-likeness (QED) is 0.732. The molecule has 1 aromatic heterocycles. The molecule has 0 saturated heterocycles. The minimum atomic E-state index is 1.02. The Kier molecular flexibility index (Phi) is 3.79. The Bertz CT molecular complexity index is 652. The summed E-state index contributed by atoms with van der Waals surface area (Å²) in [4.78, 5) is 5.48. The molecule has 20 heavy (non-hydrogen) atoms. The van der Waals surface area contributed by atoms with Crippen LogP contribution in [0, 0.1) is 6.92 Å². The molecular weight excluding hydrogens is 314 g/mol. The van der Waals surface area contributed by atoms with Crippen LogP contribution < -0.4 is 9.57 Å². The van der Waals surface area contributed by atoms with Crippen molar-refractivity contribution in [1.82, 2.24) is 0 Å². The van der Waals surface area contributed by atoms with E-state index in [1.165, 1.54) is 27.9 Å². The number of hydrogen-bond donors (Lipinski definition) is 0. The fraction of sp³-hybridized carbons (Fsp3) is 0.353. The average molecular weight is 333 g/mol. The van der Waals surface area contributed by atoms with E-state index in [1.54, 1.807) is 7.11 Å². The maximum absolute atomic E-state index is 5.48. The average Bonchev–Trinajstić information content (AvgIpc) is 2.42. The lowest BCUT2D eigenvalue weighted by molar-refractivity contribution is -0.891. The largest absolute Gasteiger partial charge is 0.274 e. The van der Waals surface area contributed by atoms with Crippen molar-refractivity contribution in [3.8, 4) is 0 Å². The Morgan fingerprint density at radius 2 is 1.75 bits per heavy atom. The van der Waals surface area contributed by atoms with Crippen molar-refractivity contribution in [2.24, 2.45) is 0 Å². The van der Waals surface area contributed by atoms with Crippen LogP contribution in [0.15, 0.2) is 34.9 Å². The summed E-state index contributed by atoms with van der Waals surface area (Å²) < 4.78 is 2.97. The van der Waals surface area contributed by atoms with Gasteiger partial charge in [0, 0.05) is 16.7 Å². The summed E-state index contributed by atoms with van der Waals surface area (Å²) in [6, 6.07) is 9.06. The van der Waals surface area contributed by atoms with E-state index in [0.29, 0.717) is 0 Å². The van der Waals surface area contributed by atoms with E-state index in [9.17, 15) is 0 Å². The van der Waals surface area contributed by atoms with Crippen LogP contribution in [-0.2, 0) is 25.7 Å². The summed E-state index contributed by atoms with van der Waals surface area (Å²) in [5.74, 6) is 0. The molecular formula is C17H19BrNO+. The lowest BCUT2D eigenvalue weighted by atomic mass is 9.90. The summed E-state index contributed by atoms with van der Waals surface area (Å²) >= 11 is 3.57. The highest BCUT2D eigenvalue weighted by Crippen LogP contribution is 2.23. The number of halogens is 1. The summed E-state index contributed by atoms with van der Waals surface area (Å²) in [7, 11) is 1.72. The molecule has 2 aromatic rings. The van der Waals surface area contributed by atoms with Crippen LogP contribution in [-0.4, -0.2) is 7.11 Å². The van der Waals surface area contributed by atoms with Crippen molar-refractivity contribution in [1.29, 1.82) is 0 Å². The van der Waals surface area contributed by atoms with Crippen LogP contribution in [0.25, 0.3) is 0 Å². The molecule has 1 aromatic carbocycles. The first-order chi connectivity index (χ1) is 9.67. The van der Waals surface area contributed by atoms with Gasteiger partial charge in [-0.25, -0.2) is 0 Å². The van der Waals surface area contributed by atoms with Gasteiger partial charge in [-0.05, 0) is 59.3 Å². The molecule has 1 aliphatic rings. The number of rotatable bonds is 1. The van der Waals surface area contributed by atoms with E-state index in [2.05, 4.69) is 47.1 Å². The van der Waals surface area contributed by atoms with E-state index in [4.69, 9.17) is 4.84 Å². The first-order valence-corrected chi connectivity index (χ1v) is 7.82. The Morgan fingerprint density at radius 1 is 1.00 bits per heavy atom. The van der Waals surface area contributed by atoms with Crippen LogP contribution in [0.2, 0.25) is 0 Å². The van der Waals surface area contributed by atoms with E-state index in [-0.39, 0.29) is 0 Å². The maximum Gasteiger partial charge on any atom is 0.237 e. The predicted octanol–water partition coefficient (Wildman–Crippen LogP) is 2.99. The van der Waals surface area contributed by atoms with Crippen LogP contribution in [0.4, 0.5) is 0 Å². The van der Waals surface area contributed by atoms with Gasteiger partial charge < -0.3 is 0 Å². The van der Waals surface area contributed by atoms with Crippen LogP contribution >= 0.6 is 15.9 Å². The SMILES string of the molecule is CO[n+]1cc(Br)cc2c1CCc1ccc(C)cc1CC2. The first kappa shape index (κ1) is 13.6. The van der Waals surface area contributed by atoms with Gasteiger partial charge in [0.1, 0.15) is 7.11 Å². The molecule has 3 rings (SSSR count). The summed E-state index contributed by atoms with van der Waals surface area (Å²) in [5, 5.41) is 0. The fourth-order valence-electron chi connectivity index (χ4n) is 3.02.